The molecule has 8 nitrogen and oxygen atoms in total. The molecule has 0 aromatic heterocycles. The standard InChI is InChI=1S/C33H38N2O6/c1-6-34(7-2)17-18-35-30(24-13-16-27(28(20-24)40-5)41-21-23-11-9-8-10-12-23)29(32(37)33(35)38)31(36)25-14-15-26(39-4)22(3)19-25/h8-16,19-20,30,36H,6-7,17-18,21H2,1-5H3. The van der Waals surface area contributed by atoms with E-state index in [0.717, 1.165) is 24.2 Å². The second-order valence-corrected chi connectivity index (χ2v) is 9.89. The molecule has 0 aliphatic carbocycles. The van der Waals surface area contributed by atoms with Crippen LogP contribution < -0.4 is 14.2 Å². The molecule has 1 aliphatic rings. The first-order valence-electron chi connectivity index (χ1n) is 13.8. The van der Waals surface area contributed by atoms with Crippen molar-refractivity contribution in [2.75, 3.05) is 40.4 Å². The number of carbonyl (C=O) groups is 2. The highest BCUT2D eigenvalue weighted by Gasteiger charge is 2.46. The number of ketones is 1. The van der Waals surface area contributed by atoms with Crippen molar-refractivity contribution in [3.8, 4) is 17.2 Å². The summed E-state index contributed by atoms with van der Waals surface area (Å²) in [7, 11) is 3.12. The summed E-state index contributed by atoms with van der Waals surface area (Å²) in [5, 5.41) is 11.5. The number of nitrogens with zero attached hydrogens (tertiary/aromatic N) is 2. The summed E-state index contributed by atoms with van der Waals surface area (Å²) in [5.74, 6) is 0.0710. The number of aliphatic hydroxyl groups excluding tert-OH is 1. The lowest BCUT2D eigenvalue weighted by atomic mass is 9.94. The van der Waals surface area contributed by atoms with Gasteiger partial charge in [0.15, 0.2) is 11.5 Å². The fraction of sp³-hybridized carbons (Fsp3) is 0.333. The van der Waals surface area contributed by atoms with Gasteiger partial charge in [-0.25, -0.2) is 0 Å². The molecule has 0 spiro atoms. The molecule has 1 N–H and O–H groups in total. The summed E-state index contributed by atoms with van der Waals surface area (Å²) in [5.41, 5.74) is 2.92. The van der Waals surface area contributed by atoms with Gasteiger partial charge >= 0.3 is 0 Å². The van der Waals surface area contributed by atoms with Crippen molar-refractivity contribution in [2.45, 2.75) is 33.4 Å². The minimum absolute atomic E-state index is 0.0409. The molecule has 3 aromatic rings. The molecule has 8 heteroatoms. The Kier molecular flexibility index (Phi) is 9.68. The van der Waals surface area contributed by atoms with Crippen LogP contribution in [0.3, 0.4) is 0 Å². The first kappa shape index (κ1) is 29.7. The zero-order valence-corrected chi connectivity index (χ0v) is 24.3. The van der Waals surface area contributed by atoms with Crippen LogP contribution in [-0.2, 0) is 16.2 Å². The molecule has 1 aliphatic heterocycles. The van der Waals surface area contributed by atoms with E-state index in [1.165, 1.54) is 0 Å². The average Bonchev–Trinajstić information content (AvgIpc) is 3.25. The number of Topliss-reactive ketones (excluding diaryl/α,β-unsaturated/α-hetero) is 1. The quantitative estimate of drug-likeness (QED) is 0.182. The Hall–Kier alpha value is -4.30. The average molecular weight is 559 g/mol. The number of benzene rings is 3. The molecule has 216 valence electrons. The number of carbonyl (C=O) groups excluding carboxylic acids is 2. The van der Waals surface area contributed by atoms with E-state index in [9.17, 15) is 14.7 Å². The fourth-order valence-corrected chi connectivity index (χ4v) is 5.14. The van der Waals surface area contributed by atoms with E-state index in [1.54, 1.807) is 49.5 Å². The first-order chi connectivity index (χ1) is 19.8. The van der Waals surface area contributed by atoms with Crippen molar-refractivity contribution in [1.29, 1.82) is 0 Å². The van der Waals surface area contributed by atoms with Crippen molar-refractivity contribution in [2.24, 2.45) is 0 Å². The normalized spacial score (nSPS) is 16.3. The number of ether oxygens (including phenoxy) is 3. The molecular formula is C33H38N2O6. The van der Waals surface area contributed by atoms with Crippen LogP contribution in [0.25, 0.3) is 5.76 Å². The molecule has 1 fully saturated rings. The van der Waals surface area contributed by atoms with E-state index in [2.05, 4.69) is 18.7 Å². The van der Waals surface area contributed by atoms with Crippen LogP contribution in [0.4, 0.5) is 0 Å². The molecule has 3 aromatic carbocycles. The van der Waals surface area contributed by atoms with Crippen molar-refractivity contribution >= 4 is 17.4 Å². The van der Waals surface area contributed by atoms with E-state index in [0.29, 0.717) is 48.1 Å². The van der Waals surface area contributed by atoms with Crippen molar-refractivity contribution in [1.82, 2.24) is 9.80 Å². The van der Waals surface area contributed by atoms with Gasteiger partial charge in [0.05, 0.1) is 25.8 Å². The zero-order chi connectivity index (χ0) is 29.5. The number of hydrogen-bond acceptors (Lipinski definition) is 7. The summed E-state index contributed by atoms with van der Waals surface area (Å²) in [6.45, 7) is 8.87. The zero-order valence-electron chi connectivity index (χ0n) is 24.3. The molecule has 1 saturated heterocycles. The van der Waals surface area contributed by atoms with Crippen LogP contribution in [0.15, 0.2) is 72.3 Å². The number of likely N-dealkylation sites (tertiary alicyclic amines) is 1. The summed E-state index contributed by atoms with van der Waals surface area (Å²) in [6.07, 6.45) is 0. The lowest BCUT2D eigenvalue weighted by Crippen LogP contribution is -2.38. The number of aryl methyl sites for hydroxylation is 1. The smallest absolute Gasteiger partial charge is 0.295 e. The third-order valence-electron chi connectivity index (χ3n) is 7.50. The highest BCUT2D eigenvalue weighted by atomic mass is 16.5. The van der Waals surface area contributed by atoms with Crippen LogP contribution in [-0.4, -0.2) is 67.0 Å². The minimum atomic E-state index is -0.801. The Morgan fingerprint density at radius 2 is 1.59 bits per heavy atom. The molecule has 1 unspecified atom stereocenters. The molecular weight excluding hydrogens is 520 g/mol. The van der Waals surface area contributed by atoms with Gasteiger partial charge in [0.1, 0.15) is 18.1 Å². The Balaban J connectivity index is 1.77. The maximum Gasteiger partial charge on any atom is 0.295 e. The van der Waals surface area contributed by atoms with Crippen LogP contribution in [0, 0.1) is 6.92 Å². The van der Waals surface area contributed by atoms with Gasteiger partial charge in [-0.05, 0) is 67.0 Å². The van der Waals surface area contributed by atoms with Gasteiger partial charge in [-0.15, -0.1) is 0 Å². The van der Waals surface area contributed by atoms with Crippen molar-refractivity contribution in [3.05, 3.63) is 94.6 Å². The van der Waals surface area contributed by atoms with Crippen LogP contribution in [0.5, 0.6) is 17.2 Å². The SMILES string of the molecule is CCN(CC)CCN1C(=O)C(=O)C(=C(O)c2ccc(OC)c(C)c2)C1c1ccc(OCc2ccccc2)c(OC)c1. The lowest BCUT2D eigenvalue weighted by molar-refractivity contribution is -0.140. The van der Waals surface area contributed by atoms with Gasteiger partial charge in [0, 0.05) is 18.7 Å². The van der Waals surface area contributed by atoms with E-state index < -0.39 is 17.7 Å². The monoisotopic (exact) mass is 558 g/mol. The number of rotatable bonds is 12. The largest absolute Gasteiger partial charge is 0.507 e. The predicted octanol–water partition coefficient (Wildman–Crippen LogP) is 5.35. The Morgan fingerprint density at radius 1 is 0.902 bits per heavy atom. The molecule has 41 heavy (non-hydrogen) atoms. The summed E-state index contributed by atoms with van der Waals surface area (Å²) in [4.78, 5) is 30.6. The molecule has 0 bridgehead atoms. The van der Waals surface area contributed by atoms with E-state index >= 15 is 0 Å². The van der Waals surface area contributed by atoms with E-state index in [1.807, 2.05) is 43.3 Å². The van der Waals surface area contributed by atoms with E-state index in [4.69, 9.17) is 14.2 Å². The Bertz CT molecular complexity index is 1410. The third-order valence-corrected chi connectivity index (χ3v) is 7.50. The van der Waals surface area contributed by atoms with Gasteiger partial charge in [-0.3, -0.25) is 9.59 Å². The number of hydrogen-bond donors (Lipinski definition) is 1. The van der Waals surface area contributed by atoms with Crippen molar-refractivity contribution in [3.63, 3.8) is 0 Å². The van der Waals surface area contributed by atoms with Gasteiger partial charge in [0.25, 0.3) is 11.7 Å². The number of methoxy groups -OCH3 is 2. The number of amides is 1. The number of aliphatic hydroxyl groups is 1. The van der Waals surface area contributed by atoms with Gasteiger partial charge in [-0.1, -0.05) is 50.2 Å². The number of likely N-dealkylation sites (N-methyl/N-ethyl adjacent to an activating group) is 1. The topological polar surface area (TPSA) is 88.5 Å². The third kappa shape index (κ3) is 6.38. The Labute approximate surface area is 241 Å². The van der Waals surface area contributed by atoms with E-state index in [-0.39, 0.29) is 11.3 Å². The Morgan fingerprint density at radius 3 is 2.22 bits per heavy atom. The summed E-state index contributed by atoms with van der Waals surface area (Å²) in [6, 6.07) is 19.5. The van der Waals surface area contributed by atoms with Crippen LogP contribution in [0.2, 0.25) is 0 Å². The molecule has 4 rings (SSSR count). The highest BCUT2D eigenvalue weighted by molar-refractivity contribution is 6.46. The molecule has 1 heterocycles. The predicted molar refractivity (Wildman–Crippen MR) is 158 cm³/mol. The van der Waals surface area contributed by atoms with Gasteiger partial charge < -0.3 is 29.1 Å². The van der Waals surface area contributed by atoms with Gasteiger partial charge in [0.2, 0.25) is 0 Å². The second-order valence-electron chi connectivity index (χ2n) is 9.89. The molecule has 0 saturated carbocycles. The maximum absolute atomic E-state index is 13.5. The lowest BCUT2D eigenvalue weighted by Gasteiger charge is -2.28. The summed E-state index contributed by atoms with van der Waals surface area (Å²) >= 11 is 0. The van der Waals surface area contributed by atoms with Crippen molar-refractivity contribution < 1.29 is 28.9 Å². The maximum atomic E-state index is 13.5. The minimum Gasteiger partial charge on any atom is -0.507 e. The molecule has 1 atom stereocenters. The molecule has 1 amide bonds. The molecule has 0 radical (unpaired) electrons. The van der Waals surface area contributed by atoms with Crippen LogP contribution >= 0.6 is 0 Å². The second kappa shape index (κ2) is 13.4. The first-order valence-corrected chi connectivity index (χ1v) is 13.8. The fourth-order valence-electron chi connectivity index (χ4n) is 5.14. The van der Waals surface area contributed by atoms with Crippen LogP contribution in [0.1, 0.15) is 42.1 Å². The highest BCUT2D eigenvalue weighted by Crippen LogP contribution is 2.42. The van der Waals surface area contributed by atoms with Gasteiger partial charge in [-0.2, -0.15) is 0 Å². The summed E-state index contributed by atoms with van der Waals surface area (Å²) < 4.78 is 17.1.